The molecule has 0 saturated carbocycles. The zero-order chi connectivity index (χ0) is 50.7. The van der Waals surface area contributed by atoms with Crippen LogP contribution in [0.25, 0.3) is 0 Å². The third-order valence-electron chi connectivity index (χ3n) is 14.1. The molecular formula is C64H119NO5. The number of nitrogens with one attached hydrogen (secondary N) is 1. The maximum absolute atomic E-state index is 12.5. The van der Waals surface area contributed by atoms with Gasteiger partial charge in [-0.3, -0.25) is 9.59 Å². The van der Waals surface area contributed by atoms with Crippen LogP contribution in [0.4, 0.5) is 0 Å². The normalized spacial score (nSPS) is 12.9. The zero-order valence-electron chi connectivity index (χ0n) is 46.7. The summed E-state index contributed by atoms with van der Waals surface area (Å²) >= 11 is 0. The minimum absolute atomic E-state index is 0.0274. The number of allylic oxidation sites excluding steroid dienone is 8. The van der Waals surface area contributed by atoms with Crippen LogP contribution in [0.3, 0.4) is 0 Å². The highest BCUT2D eigenvalue weighted by atomic mass is 16.5. The first kappa shape index (κ1) is 67.8. The summed E-state index contributed by atoms with van der Waals surface area (Å²) in [4.78, 5) is 24.5. The molecule has 0 rings (SSSR count). The number of hydrogen-bond acceptors (Lipinski definition) is 5. The van der Waals surface area contributed by atoms with Crippen molar-refractivity contribution in [2.45, 2.75) is 334 Å². The van der Waals surface area contributed by atoms with Gasteiger partial charge >= 0.3 is 5.97 Å². The van der Waals surface area contributed by atoms with Crippen molar-refractivity contribution in [1.29, 1.82) is 0 Å². The van der Waals surface area contributed by atoms with Gasteiger partial charge in [-0.1, -0.05) is 268 Å². The van der Waals surface area contributed by atoms with E-state index >= 15 is 0 Å². The molecule has 0 spiro atoms. The van der Waals surface area contributed by atoms with Crippen molar-refractivity contribution in [3.63, 3.8) is 0 Å². The minimum Gasteiger partial charge on any atom is -0.466 e. The molecule has 0 heterocycles. The van der Waals surface area contributed by atoms with Crippen LogP contribution in [-0.4, -0.2) is 47.4 Å². The third-order valence-corrected chi connectivity index (χ3v) is 14.1. The Morgan fingerprint density at radius 2 is 0.757 bits per heavy atom. The average molecular weight is 983 g/mol. The molecule has 0 aliphatic heterocycles. The molecule has 0 bridgehead atoms. The van der Waals surface area contributed by atoms with Gasteiger partial charge in [0.25, 0.3) is 0 Å². The Morgan fingerprint density at radius 1 is 0.414 bits per heavy atom. The minimum atomic E-state index is -0.673. The van der Waals surface area contributed by atoms with Gasteiger partial charge in [-0.05, 0) is 89.9 Å². The monoisotopic (exact) mass is 982 g/mol. The van der Waals surface area contributed by atoms with Gasteiger partial charge < -0.3 is 20.3 Å². The molecule has 6 heteroatoms. The van der Waals surface area contributed by atoms with Crippen LogP contribution >= 0.6 is 0 Å². The Bertz CT molecular complexity index is 1180. The zero-order valence-corrected chi connectivity index (χ0v) is 46.7. The van der Waals surface area contributed by atoms with E-state index in [-0.39, 0.29) is 18.5 Å². The number of esters is 1. The fraction of sp³-hybridized carbons (Fsp3) is 0.844. The Morgan fingerprint density at radius 3 is 1.20 bits per heavy atom. The number of ether oxygens (including phenoxy) is 1. The second kappa shape index (κ2) is 59.4. The molecule has 70 heavy (non-hydrogen) atoms. The summed E-state index contributed by atoms with van der Waals surface area (Å²) in [5.41, 5.74) is 0. The molecule has 6 nitrogen and oxygen atoms in total. The lowest BCUT2D eigenvalue weighted by atomic mass is 10.0. The topological polar surface area (TPSA) is 95.9 Å². The fourth-order valence-corrected chi connectivity index (χ4v) is 9.37. The summed E-state index contributed by atoms with van der Waals surface area (Å²) in [7, 11) is 0. The highest BCUT2D eigenvalue weighted by Crippen LogP contribution is 2.17. The Balaban J connectivity index is 3.49. The first-order chi connectivity index (χ1) is 34.5. The van der Waals surface area contributed by atoms with Gasteiger partial charge in [-0.25, -0.2) is 0 Å². The molecule has 3 N–H and O–H groups in total. The van der Waals surface area contributed by atoms with Crippen molar-refractivity contribution in [3.05, 3.63) is 48.6 Å². The van der Waals surface area contributed by atoms with Crippen LogP contribution in [-0.2, 0) is 14.3 Å². The van der Waals surface area contributed by atoms with E-state index in [9.17, 15) is 19.8 Å². The SMILES string of the molecule is CCCCC/C=C\C/C=C\CCCCCCCC(=O)OCCCCC/C=C\C=C/CCCCCCCCCCCCC(=O)NC(CO)C(O)CCCCCCCCCCCCCCCCCCCCC. The quantitative estimate of drug-likeness (QED) is 0.0244. The molecule has 0 aromatic rings. The smallest absolute Gasteiger partial charge is 0.305 e. The van der Waals surface area contributed by atoms with E-state index in [4.69, 9.17) is 4.74 Å². The molecule has 2 unspecified atom stereocenters. The maximum atomic E-state index is 12.5. The van der Waals surface area contributed by atoms with Gasteiger partial charge in [-0.2, -0.15) is 0 Å². The van der Waals surface area contributed by atoms with Crippen molar-refractivity contribution in [3.8, 4) is 0 Å². The molecule has 0 aliphatic carbocycles. The van der Waals surface area contributed by atoms with E-state index in [0.29, 0.717) is 25.9 Å². The number of rotatable bonds is 57. The number of amides is 1. The van der Waals surface area contributed by atoms with E-state index < -0.39 is 12.1 Å². The van der Waals surface area contributed by atoms with E-state index in [2.05, 4.69) is 67.8 Å². The lowest BCUT2D eigenvalue weighted by Crippen LogP contribution is -2.45. The molecule has 0 saturated heterocycles. The van der Waals surface area contributed by atoms with E-state index in [1.165, 1.54) is 212 Å². The Labute approximate surface area is 436 Å². The first-order valence-corrected chi connectivity index (χ1v) is 30.9. The van der Waals surface area contributed by atoms with Crippen LogP contribution in [0.2, 0.25) is 0 Å². The second-order valence-electron chi connectivity index (χ2n) is 21.1. The summed E-state index contributed by atoms with van der Waals surface area (Å²) in [6.07, 6.45) is 75.4. The fourth-order valence-electron chi connectivity index (χ4n) is 9.37. The largest absolute Gasteiger partial charge is 0.466 e. The van der Waals surface area contributed by atoms with Gasteiger partial charge in [0.15, 0.2) is 0 Å². The third kappa shape index (κ3) is 55.1. The molecule has 410 valence electrons. The van der Waals surface area contributed by atoms with Gasteiger partial charge in [0.1, 0.15) is 0 Å². The maximum Gasteiger partial charge on any atom is 0.305 e. The van der Waals surface area contributed by atoms with Crippen molar-refractivity contribution in [2.24, 2.45) is 0 Å². The molecule has 0 aromatic carbocycles. The lowest BCUT2D eigenvalue weighted by Gasteiger charge is -2.22. The van der Waals surface area contributed by atoms with Crippen LogP contribution in [0, 0.1) is 0 Å². The van der Waals surface area contributed by atoms with Crippen molar-refractivity contribution in [2.75, 3.05) is 13.2 Å². The van der Waals surface area contributed by atoms with Gasteiger partial charge in [0.05, 0.1) is 25.4 Å². The molecule has 2 atom stereocenters. The Hall–Kier alpha value is -2.18. The predicted octanol–water partition coefficient (Wildman–Crippen LogP) is 19.4. The van der Waals surface area contributed by atoms with E-state index in [1.54, 1.807) is 0 Å². The van der Waals surface area contributed by atoms with Crippen LogP contribution in [0.5, 0.6) is 0 Å². The van der Waals surface area contributed by atoms with E-state index in [0.717, 1.165) is 77.0 Å². The van der Waals surface area contributed by atoms with Crippen molar-refractivity contribution < 1.29 is 24.5 Å². The molecule has 0 fully saturated rings. The average Bonchev–Trinajstić information content (AvgIpc) is 3.36. The number of carbonyl (C=O) groups excluding carboxylic acids is 2. The van der Waals surface area contributed by atoms with Crippen LogP contribution < -0.4 is 5.32 Å². The van der Waals surface area contributed by atoms with Gasteiger partial charge in [-0.15, -0.1) is 0 Å². The molecule has 0 aliphatic rings. The summed E-state index contributed by atoms with van der Waals surface area (Å²) in [6, 6.07) is -0.551. The lowest BCUT2D eigenvalue weighted by molar-refractivity contribution is -0.143. The van der Waals surface area contributed by atoms with Gasteiger partial charge in [0.2, 0.25) is 5.91 Å². The summed E-state index contributed by atoms with van der Waals surface area (Å²) in [5.74, 6) is -0.0708. The van der Waals surface area contributed by atoms with Gasteiger partial charge in [0, 0.05) is 12.8 Å². The van der Waals surface area contributed by atoms with Crippen molar-refractivity contribution >= 4 is 11.9 Å². The van der Waals surface area contributed by atoms with Crippen molar-refractivity contribution in [1.82, 2.24) is 5.32 Å². The summed E-state index contributed by atoms with van der Waals surface area (Å²) < 4.78 is 5.45. The molecular weight excluding hydrogens is 863 g/mol. The van der Waals surface area contributed by atoms with E-state index in [1.807, 2.05) is 0 Å². The molecule has 1 amide bonds. The highest BCUT2D eigenvalue weighted by molar-refractivity contribution is 5.76. The summed E-state index contributed by atoms with van der Waals surface area (Å²) in [6.45, 7) is 4.89. The predicted molar refractivity (Wildman–Crippen MR) is 306 cm³/mol. The molecule has 0 radical (unpaired) electrons. The van der Waals surface area contributed by atoms with Crippen LogP contribution in [0.15, 0.2) is 48.6 Å². The number of carbonyl (C=O) groups is 2. The standard InChI is InChI=1S/C64H119NO5/c1-3-5-7-9-11-13-15-17-19-20-22-25-29-32-36-40-44-48-52-56-62(67)61(60-66)65-63(68)57-53-49-45-41-37-33-30-26-23-21-24-27-31-35-39-43-47-51-55-59-70-64(69)58-54-50-46-42-38-34-28-18-16-14-12-10-8-6-4-2/h12,14,18,27-28,31,35,39,61-62,66-67H,3-11,13,15-17,19-26,29-30,32-34,36-38,40-60H2,1-2H3,(H,65,68)/b14-12-,28-18-,31-27-,39-35-. The number of aliphatic hydroxyl groups excluding tert-OH is 2. The number of aliphatic hydroxyl groups is 2. The highest BCUT2D eigenvalue weighted by Gasteiger charge is 2.20. The summed E-state index contributed by atoms with van der Waals surface area (Å²) in [5, 5.41) is 23.3. The number of hydrogen-bond donors (Lipinski definition) is 3. The Kier molecular flexibility index (Phi) is 57.5. The number of unbranched alkanes of at least 4 members (excludes halogenated alkanes) is 39. The first-order valence-electron chi connectivity index (χ1n) is 30.9. The molecule has 0 aromatic heterocycles. The van der Waals surface area contributed by atoms with Crippen LogP contribution in [0.1, 0.15) is 322 Å². The second-order valence-corrected chi connectivity index (χ2v) is 21.1.